The summed E-state index contributed by atoms with van der Waals surface area (Å²) >= 11 is 1.71. The zero-order valence-electron chi connectivity index (χ0n) is 16.4. The normalized spacial score (nSPS) is 27.0. The van der Waals surface area contributed by atoms with E-state index in [9.17, 15) is 15.0 Å². The summed E-state index contributed by atoms with van der Waals surface area (Å²) in [5.41, 5.74) is 0. The highest BCUT2D eigenvalue weighted by Gasteiger charge is 2.44. The van der Waals surface area contributed by atoms with Crippen molar-refractivity contribution >= 4 is 22.8 Å². The zero-order valence-corrected chi connectivity index (χ0v) is 17.2. The molecule has 5 atom stereocenters. The minimum Gasteiger partial charge on any atom is -0.491 e. The summed E-state index contributed by atoms with van der Waals surface area (Å²) in [6, 6.07) is 9.51. The highest BCUT2D eigenvalue weighted by Crippen LogP contribution is 2.43. The third-order valence-electron chi connectivity index (χ3n) is 5.41. The molecule has 1 heterocycles. The number of hydrogen-bond acceptors (Lipinski definition) is 6. The second-order valence-electron chi connectivity index (χ2n) is 7.61. The number of carboxylic acids is 1. The van der Waals surface area contributed by atoms with E-state index in [4.69, 9.17) is 14.8 Å². The smallest absolute Gasteiger partial charge is 0.303 e. The highest BCUT2D eigenvalue weighted by atomic mass is 32.2. The Balaban J connectivity index is 1.43. The Kier molecular flexibility index (Phi) is 8.15. The SMILES string of the molecule is O=C(O)CCCCSC1=NC2CC(O)C(C=CC(O)COc3ccccc3)C2C1. The fraction of sp³-hybridized carbons (Fsp3) is 0.545. The molecule has 158 valence electrons. The molecule has 1 aromatic rings. The molecule has 0 spiro atoms. The average molecular weight is 420 g/mol. The zero-order chi connectivity index (χ0) is 20.6. The average Bonchev–Trinajstić information content (AvgIpc) is 3.21. The first-order valence-corrected chi connectivity index (χ1v) is 11.1. The van der Waals surface area contributed by atoms with E-state index in [2.05, 4.69) is 0 Å². The predicted molar refractivity (Wildman–Crippen MR) is 114 cm³/mol. The van der Waals surface area contributed by atoms with Gasteiger partial charge in [-0.1, -0.05) is 30.4 Å². The standard InChI is InChI=1S/C22H29NO5S/c24-15(14-28-16-6-2-1-3-7-16)9-10-17-18-12-21(23-19(18)13-20(17)25)29-11-5-4-8-22(26)27/h1-3,6-7,9-10,15,17-20,24-25H,4-5,8,11-14H2,(H,26,27). The molecule has 29 heavy (non-hydrogen) atoms. The molecule has 7 heteroatoms. The maximum atomic E-state index is 10.6. The summed E-state index contributed by atoms with van der Waals surface area (Å²) in [6.45, 7) is 0.172. The summed E-state index contributed by atoms with van der Waals surface area (Å²) in [6.07, 6.45) is 5.74. The van der Waals surface area contributed by atoms with E-state index in [1.54, 1.807) is 17.8 Å². The van der Waals surface area contributed by atoms with Gasteiger partial charge in [0.05, 0.1) is 17.2 Å². The lowest BCUT2D eigenvalue weighted by molar-refractivity contribution is -0.137. The number of aliphatic hydroxyl groups is 2. The van der Waals surface area contributed by atoms with Crippen molar-refractivity contribution in [2.75, 3.05) is 12.4 Å². The summed E-state index contributed by atoms with van der Waals surface area (Å²) in [5, 5.41) is 30.4. The molecule has 0 amide bonds. The fourth-order valence-corrected chi connectivity index (χ4v) is 5.03. The molecular formula is C22H29NO5S. The van der Waals surface area contributed by atoms with Gasteiger partial charge >= 0.3 is 5.97 Å². The first-order chi connectivity index (χ1) is 14.0. The molecule has 6 nitrogen and oxygen atoms in total. The molecule has 3 N–H and O–H groups in total. The number of nitrogens with zero attached hydrogens (tertiary/aromatic N) is 1. The van der Waals surface area contributed by atoms with Crippen LogP contribution in [-0.2, 0) is 4.79 Å². The van der Waals surface area contributed by atoms with Crippen molar-refractivity contribution < 1.29 is 24.9 Å². The van der Waals surface area contributed by atoms with Crippen molar-refractivity contribution in [1.29, 1.82) is 0 Å². The largest absolute Gasteiger partial charge is 0.491 e. The maximum absolute atomic E-state index is 10.6. The van der Waals surface area contributed by atoms with Crippen molar-refractivity contribution in [3.05, 3.63) is 42.5 Å². The summed E-state index contributed by atoms with van der Waals surface area (Å²) in [4.78, 5) is 15.3. The Morgan fingerprint density at radius 3 is 2.86 bits per heavy atom. The number of aliphatic carboxylic acids is 1. The Morgan fingerprint density at radius 2 is 2.10 bits per heavy atom. The topological polar surface area (TPSA) is 99.4 Å². The Hall–Kier alpha value is -1.83. The molecule has 2 aliphatic rings. The molecule has 0 aromatic heterocycles. The number of ether oxygens (including phenoxy) is 1. The molecule has 0 saturated heterocycles. The molecule has 5 unspecified atom stereocenters. The third-order valence-corrected chi connectivity index (χ3v) is 6.51. The number of unbranched alkanes of at least 4 members (excludes halogenated alkanes) is 1. The van der Waals surface area contributed by atoms with E-state index >= 15 is 0 Å². The number of benzene rings is 1. The molecular weight excluding hydrogens is 390 g/mol. The number of fused-ring (bicyclic) bond motifs is 1. The van der Waals surface area contributed by atoms with E-state index in [-0.39, 0.29) is 30.9 Å². The van der Waals surface area contributed by atoms with Crippen LogP contribution in [-0.4, -0.2) is 56.9 Å². The Bertz CT molecular complexity index is 723. The summed E-state index contributed by atoms with van der Waals surface area (Å²) in [7, 11) is 0. The van der Waals surface area contributed by atoms with Crippen molar-refractivity contribution in [2.45, 2.75) is 50.4 Å². The lowest BCUT2D eigenvalue weighted by Crippen LogP contribution is -2.20. The van der Waals surface area contributed by atoms with E-state index in [0.717, 1.165) is 29.4 Å². The molecule has 1 saturated carbocycles. The first-order valence-electron chi connectivity index (χ1n) is 10.2. The molecule has 3 rings (SSSR count). The van der Waals surface area contributed by atoms with Gasteiger partial charge in [0, 0.05) is 18.8 Å². The molecule has 0 bridgehead atoms. The number of carboxylic acid groups (broad SMARTS) is 1. The minimum atomic E-state index is -0.747. The molecule has 1 aliphatic heterocycles. The summed E-state index contributed by atoms with van der Waals surface area (Å²) in [5.74, 6) is 1.10. The van der Waals surface area contributed by atoms with Gasteiger partial charge in [0.15, 0.2) is 0 Å². The molecule has 0 radical (unpaired) electrons. The van der Waals surface area contributed by atoms with Crippen LogP contribution in [0.3, 0.4) is 0 Å². The third kappa shape index (κ3) is 6.59. The number of thioether (sulfide) groups is 1. The fourth-order valence-electron chi connectivity index (χ4n) is 3.93. The second kappa shape index (κ2) is 10.8. The van der Waals surface area contributed by atoms with E-state index < -0.39 is 18.2 Å². The monoisotopic (exact) mass is 419 g/mol. The molecule has 1 aromatic carbocycles. The van der Waals surface area contributed by atoms with Gasteiger partial charge in [-0.15, -0.1) is 11.8 Å². The summed E-state index contributed by atoms with van der Waals surface area (Å²) < 4.78 is 5.57. The number of aliphatic imine (C=N–C) groups is 1. The lowest BCUT2D eigenvalue weighted by Gasteiger charge is -2.17. The van der Waals surface area contributed by atoms with Gasteiger partial charge in [0.25, 0.3) is 0 Å². The van der Waals surface area contributed by atoms with Crippen LogP contribution in [0.4, 0.5) is 0 Å². The first kappa shape index (κ1) is 21.9. The van der Waals surface area contributed by atoms with Crippen LogP contribution in [0.15, 0.2) is 47.5 Å². The van der Waals surface area contributed by atoms with Gasteiger partial charge in [-0.25, -0.2) is 0 Å². The van der Waals surface area contributed by atoms with Gasteiger partial charge in [-0.05, 0) is 43.1 Å². The Morgan fingerprint density at radius 1 is 1.31 bits per heavy atom. The van der Waals surface area contributed by atoms with E-state index in [1.807, 2.05) is 36.4 Å². The van der Waals surface area contributed by atoms with Gasteiger partial charge < -0.3 is 20.1 Å². The van der Waals surface area contributed by atoms with Crippen LogP contribution >= 0.6 is 11.8 Å². The van der Waals surface area contributed by atoms with Crippen LogP contribution in [0, 0.1) is 11.8 Å². The van der Waals surface area contributed by atoms with Crippen molar-refractivity contribution in [3.8, 4) is 5.75 Å². The van der Waals surface area contributed by atoms with Gasteiger partial charge in [0.1, 0.15) is 18.5 Å². The van der Waals surface area contributed by atoms with E-state index in [1.165, 1.54) is 0 Å². The number of para-hydroxylation sites is 1. The van der Waals surface area contributed by atoms with Crippen molar-refractivity contribution in [1.82, 2.24) is 0 Å². The second-order valence-corrected chi connectivity index (χ2v) is 8.78. The van der Waals surface area contributed by atoms with Crippen LogP contribution in [0.5, 0.6) is 5.75 Å². The number of carbonyl (C=O) groups is 1. The lowest BCUT2D eigenvalue weighted by atomic mass is 9.91. The molecule has 1 aliphatic carbocycles. The quantitative estimate of drug-likeness (QED) is 0.398. The van der Waals surface area contributed by atoms with Crippen LogP contribution in [0.2, 0.25) is 0 Å². The van der Waals surface area contributed by atoms with Gasteiger partial charge in [-0.3, -0.25) is 9.79 Å². The minimum absolute atomic E-state index is 0.0137. The van der Waals surface area contributed by atoms with Crippen LogP contribution < -0.4 is 4.74 Å². The number of hydrogen-bond donors (Lipinski definition) is 3. The predicted octanol–water partition coefficient (Wildman–Crippen LogP) is 3.14. The van der Waals surface area contributed by atoms with Crippen LogP contribution in [0.1, 0.15) is 32.1 Å². The van der Waals surface area contributed by atoms with Crippen molar-refractivity contribution in [2.24, 2.45) is 16.8 Å². The van der Waals surface area contributed by atoms with Gasteiger partial charge in [0.2, 0.25) is 0 Å². The van der Waals surface area contributed by atoms with E-state index in [0.29, 0.717) is 12.8 Å². The maximum Gasteiger partial charge on any atom is 0.303 e. The van der Waals surface area contributed by atoms with Crippen molar-refractivity contribution in [3.63, 3.8) is 0 Å². The number of rotatable bonds is 10. The Labute approximate surface area is 175 Å². The van der Waals surface area contributed by atoms with Gasteiger partial charge in [-0.2, -0.15) is 0 Å². The number of aliphatic hydroxyl groups excluding tert-OH is 2. The molecule has 1 fully saturated rings. The highest BCUT2D eigenvalue weighted by molar-refractivity contribution is 8.13. The van der Waals surface area contributed by atoms with Crippen LogP contribution in [0.25, 0.3) is 0 Å².